The van der Waals surface area contributed by atoms with Gasteiger partial charge < -0.3 is 0 Å². The number of nitrogens with one attached hydrogen (secondary N) is 1. The van der Waals surface area contributed by atoms with Crippen molar-refractivity contribution in [1.82, 2.24) is 0 Å². The van der Waals surface area contributed by atoms with E-state index in [-0.39, 0.29) is 20.8 Å². The quantitative estimate of drug-likeness (QED) is 0.718. The Morgan fingerprint density at radius 3 is 2.14 bits per heavy atom. The Morgan fingerprint density at radius 1 is 0.714 bits per heavy atom. The van der Waals surface area contributed by atoms with E-state index in [2.05, 4.69) is 47.8 Å². The third-order valence-electron chi connectivity index (χ3n) is 2.98. The van der Waals surface area contributed by atoms with E-state index in [1.54, 1.807) is 12.1 Å². The standard InChI is InChI=1S/C18H14FNSe/c19-14-10-12-15(13-11-14)20-17-8-4-5-9-18(17)21-16-6-2-1-3-7-16/h1-13,20H. The maximum atomic E-state index is 13.0. The second-order valence-electron chi connectivity index (χ2n) is 4.54. The van der Waals surface area contributed by atoms with Crippen LogP contribution >= 0.6 is 0 Å². The summed E-state index contributed by atoms with van der Waals surface area (Å²) in [5, 5.41) is 3.37. The molecule has 1 nitrogen and oxygen atoms in total. The molecular formula is C18H14FNSe. The summed E-state index contributed by atoms with van der Waals surface area (Å²) < 4.78 is 15.6. The van der Waals surface area contributed by atoms with Crippen LogP contribution in [0.5, 0.6) is 0 Å². The molecule has 0 aliphatic rings. The molecule has 0 aliphatic carbocycles. The van der Waals surface area contributed by atoms with E-state index in [0.29, 0.717) is 0 Å². The summed E-state index contributed by atoms with van der Waals surface area (Å²) in [5.41, 5.74) is 1.97. The molecular weight excluding hydrogens is 328 g/mol. The Labute approximate surface area is 130 Å². The molecule has 0 fully saturated rings. The summed E-state index contributed by atoms with van der Waals surface area (Å²) in [4.78, 5) is 0. The van der Waals surface area contributed by atoms with E-state index in [1.807, 2.05) is 12.1 Å². The van der Waals surface area contributed by atoms with Crippen molar-refractivity contribution in [3.63, 3.8) is 0 Å². The van der Waals surface area contributed by atoms with Gasteiger partial charge in [0.05, 0.1) is 0 Å². The molecule has 21 heavy (non-hydrogen) atoms. The minimum absolute atomic E-state index is 0.220. The molecule has 1 N–H and O–H groups in total. The first-order valence-electron chi connectivity index (χ1n) is 6.66. The summed E-state index contributed by atoms with van der Waals surface area (Å²) in [6.45, 7) is 0. The number of hydrogen-bond acceptors (Lipinski definition) is 1. The SMILES string of the molecule is Fc1ccc(Nc2ccccc2[Se]c2ccccc2)cc1. The van der Waals surface area contributed by atoms with Gasteiger partial charge in [0, 0.05) is 0 Å². The van der Waals surface area contributed by atoms with Gasteiger partial charge >= 0.3 is 130 Å². The molecule has 104 valence electrons. The van der Waals surface area contributed by atoms with Crippen molar-refractivity contribution in [3.8, 4) is 0 Å². The van der Waals surface area contributed by atoms with Gasteiger partial charge in [-0.3, -0.25) is 0 Å². The Bertz CT molecular complexity index is 711. The molecule has 0 unspecified atom stereocenters. The molecule has 3 heteroatoms. The molecule has 3 rings (SSSR count). The number of halogens is 1. The van der Waals surface area contributed by atoms with Crippen LogP contribution in [0.25, 0.3) is 0 Å². The third-order valence-corrected chi connectivity index (χ3v) is 5.26. The average Bonchev–Trinajstić information content (AvgIpc) is 2.52. The van der Waals surface area contributed by atoms with Crippen LogP contribution < -0.4 is 14.2 Å². The number of benzene rings is 3. The predicted molar refractivity (Wildman–Crippen MR) is 87.6 cm³/mol. The van der Waals surface area contributed by atoms with Gasteiger partial charge in [-0.15, -0.1) is 0 Å². The Morgan fingerprint density at radius 2 is 1.38 bits per heavy atom. The zero-order chi connectivity index (χ0) is 14.5. The molecule has 0 aliphatic heterocycles. The first-order chi connectivity index (χ1) is 10.3. The third kappa shape index (κ3) is 3.72. The van der Waals surface area contributed by atoms with Crippen LogP contribution in [0.15, 0.2) is 78.9 Å². The van der Waals surface area contributed by atoms with Gasteiger partial charge in [-0.1, -0.05) is 0 Å². The summed E-state index contributed by atoms with van der Waals surface area (Å²) in [5.74, 6) is -0.220. The van der Waals surface area contributed by atoms with E-state index in [0.717, 1.165) is 11.4 Å². The Hall–Kier alpha value is -2.09. The molecule has 3 aromatic rings. The van der Waals surface area contributed by atoms with Crippen LogP contribution in [0.4, 0.5) is 15.8 Å². The molecule has 0 saturated carbocycles. The number of hydrogen-bond donors (Lipinski definition) is 1. The zero-order valence-electron chi connectivity index (χ0n) is 11.3. The Balaban J connectivity index is 1.84. The number of anilines is 2. The predicted octanol–water partition coefficient (Wildman–Crippen LogP) is 3.22. The average molecular weight is 342 g/mol. The second kappa shape index (κ2) is 6.57. The van der Waals surface area contributed by atoms with Crippen LogP contribution in [0.1, 0.15) is 0 Å². The molecule has 0 heterocycles. The van der Waals surface area contributed by atoms with E-state index >= 15 is 0 Å². The van der Waals surface area contributed by atoms with Crippen molar-refractivity contribution < 1.29 is 4.39 Å². The minimum atomic E-state index is -0.220. The van der Waals surface area contributed by atoms with Gasteiger partial charge in [0.15, 0.2) is 0 Å². The van der Waals surface area contributed by atoms with Gasteiger partial charge in [0.1, 0.15) is 0 Å². The van der Waals surface area contributed by atoms with Gasteiger partial charge in [-0.25, -0.2) is 0 Å². The van der Waals surface area contributed by atoms with E-state index in [9.17, 15) is 4.39 Å². The monoisotopic (exact) mass is 343 g/mol. The molecule has 0 atom stereocenters. The molecule has 0 amide bonds. The van der Waals surface area contributed by atoms with Crippen molar-refractivity contribution in [2.24, 2.45) is 0 Å². The molecule has 0 aromatic heterocycles. The second-order valence-corrected chi connectivity index (χ2v) is 6.88. The normalized spacial score (nSPS) is 10.3. The Kier molecular flexibility index (Phi) is 4.34. The van der Waals surface area contributed by atoms with Crippen LogP contribution in [-0.4, -0.2) is 15.0 Å². The van der Waals surface area contributed by atoms with Crippen LogP contribution in [0.2, 0.25) is 0 Å². The maximum absolute atomic E-state index is 13.0. The van der Waals surface area contributed by atoms with Crippen molar-refractivity contribution in [1.29, 1.82) is 0 Å². The van der Waals surface area contributed by atoms with Crippen LogP contribution in [-0.2, 0) is 0 Å². The molecule has 0 radical (unpaired) electrons. The van der Waals surface area contributed by atoms with Gasteiger partial charge in [-0.2, -0.15) is 0 Å². The summed E-state index contributed by atoms with van der Waals surface area (Å²) in [7, 11) is 0. The fourth-order valence-corrected chi connectivity index (χ4v) is 3.90. The van der Waals surface area contributed by atoms with Crippen LogP contribution in [0, 0.1) is 5.82 Å². The van der Waals surface area contributed by atoms with Gasteiger partial charge in [0.25, 0.3) is 0 Å². The number of para-hydroxylation sites is 1. The summed E-state index contributed by atoms with van der Waals surface area (Å²) >= 11 is 0.241. The van der Waals surface area contributed by atoms with Gasteiger partial charge in [0.2, 0.25) is 0 Å². The van der Waals surface area contributed by atoms with Crippen LogP contribution in [0.3, 0.4) is 0 Å². The summed E-state index contributed by atoms with van der Waals surface area (Å²) in [6.07, 6.45) is 0. The molecule has 0 spiro atoms. The van der Waals surface area contributed by atoms with Crippen molar-refractivity contribution >= 4 is 35.3 Å². The fourth-order valence-electron chi connectivity index (χ4n) is 1.96. The van der Waals surface area contributed by atoms with Gasteiger partial charge in [-0.05, 0) is 0 Å². The first kappa shape index (κ1) is 13.9. The number of rotatable bonds is 4. The van der Waals surface area contributed by atoms with E-state index < -0.39 is 0 Å². The van der Waals surface area contributed by atoms with Crippen molar-refractivity contribution in [2.75, 3.05) is 5.32 Å². The fraction of sp³-hybridized carbons (Fsp3) is 0. The van der Waals surface area contributed by atoms with E-state index in [4.69, 9.17) is 0 Å². The molecule has 0 saturated heterocycles. The molecule has 3 aromatic carbocycles. The molecule has 0 bridgehead atoms. The van der Waals surface area contributed by atoms with Crippen molar-refractivity contribution in [2.45, 2.75) is 0 Å². The zero-order valence-corrected chi connectivity index (χ0v) is 13.0. The van der Waals surface area contributed by atoms with Crippen molar-refractivity contribution in [3.05, 3.63) is 84.7 Å². The topological polar surface area (TPSA) is 12.0 Å². The van der Waals surface area contributed by atoms with E-state index in [1.165, 1.54) is 21.1 Å². The first-order valence-corrected chi connectivity index (χ1v) is 8.37. The summed E-state index contributed by atoms with van der Waals surface area (Å²) in [6, 6.07) is 25.1.